The molecule has 7 heteroatoms. The topological polar surface area (TPSA) is 75.4 Å². The molecule has 0 unspecified atom stereocenters. The largest absolute Gasteiger partial charge is 0.481 e. The fourth-order valence-corrected chi connectivity index (χ4v) is 2.99. The van der Waals surface area contributed by atoms with Crippen molar-refractivity contribution in [2.24, 2.45) is 5.92 Å². The van der Waals surface area contributed by atoms with Crippen LogP contribution in [0, 0.1) is 18.7 Å². The van der Waals surface area contributed by atoms with E-state index in [2.05, 4.69) is 5.10 Å². The number of hydrogen-bond acceptors (Lipinski definition) is 3. The van der Waals surface area contributed by atoms with Gasteiger partial charge in [0.15, 0.2) is 0 Å². The number of nitrogens with zero attached hydrogens (tertiary/aromatic N) is 3. The molecule has 24 heavy (non-hydrogen) atoms. The number of aliphatic carboxylic acids is 1. The van der Waals surface area contributed by atoms with E-state index in [0.29, 0.717) is 42.9 Å². The highest BCUT2D eigenvalue weighted by atomic mass is 19.1. The third kappa shape index (κ3) is 2.89. The molecule has 0 bridgehead atoms. The monoisotopic (exact) mass is 331 g/mol. The van der Waals surface area contributed by atoms with Gasteiger partial charge in [-0.05, 0) is 31.9 Å². The van der Waals surface area contributed by atoms with Crippen molar-refractivity contribution in [3.05, 3.63) is 47.5 Å². The van der Waals surface area contributed by atoms with Gasteiger partial charge in [0, 0.05) is 13.1 Å². The first-order valence-corrected chi connectivity index (χ1v) is 7.80. The lowest BCUT2D eigenvalue weighted by atomic mass is 9.96. The van der Waals surface area contributed by atoms with Crippen LogP contribution in [0.4, 0.5) is 4.39 Å². The first kappa shape index (κ1) is 16.2. The summed E-state index contributed by atoms with van der Waals surface area (Å²) >= 11 is 0. The first-order chi connectivity index (χ1) is 11.5. The normalized spacial score (nSPS) is 15.5. The van der Waals surface area contributed by atoms with Crippen LogP contribution in [0.15, 0.2) is 30.5 Å². The third-order valence-corrected chi connectivity index (χ3v) is 4.45. The van der Waals surface area contributed by atoms with E-state index in [0.717, 1.165) is 0 Å². The van der Waals surface area contributed by atoms with Crippen LogP contribution in [0.25, 0.3) is 5.69 Å². The standard InChI is InChI=1S/C17H18FN3O3/c1-11-13(10-19-21(11)15-5-3-2-4-14(15)18)16(22)20-8-6-12(7-9-20)17(23)24/h2-5,10,12H,6-9H2,1H3,(H,23,24). The van der Waals surface area contributed by atoms with Gasteiger partial charge in [0.05, 0.1) is 23.4 Å². The predicted molar refractivity (Wildman–Crippen MR) is 84.5 cm³/mol. The Labute approximate surface area is 138 Å². The van der Waals surface area contributed by atoms with Crippen molar-refractivity contribution in [3.63, 3.8) is 0 Å². The number of carboxylic acids is 1. The van der Waals surface area contributed by atoms with Crippen molar-refractivity contribution in [2.75, 3.05) is 13.1 Å². The highest BCUT2D eigenvalue weighted by Crippen LogP contribution is 2.22. The number of aromatic nitrogens is 2. The van der Waals surface area contributed by atoms with Crippen molar-refractivity contribution in [2.45, 2.75) is 19.8 Å². The number of amides is 1. The number of para-hydroxylation sites is 1. The summed E-state index contributed by atoms with van der Waals surface area (Å²) in [6.45, 7) is 2.52. The van der Waals surface area contributed by atoms with Crippen molar-refractivity contribution in [1.29, 1.82) is 0 Å². The molecule has 3 rings (SSSR count). The van der Waals surface area contributed by atoms with Crippen molar-refractivity contribution >= 4 is 11.9 Å². The second-order valence-electron chi connectivity index (χ2n) is 5.91. The van der Waals surface area contributed by atoms with E-state index in [9.17, 15) is 14.0 Å². The van der Waals surface area contributed by atoms with E-state index < -0.39 is 17.7 Å². The molecule has 1 aromatic carbocycles. The molecule has 0 spiro atoms. The lowest BCUT2D eigenvalue weighted by Crippen LogP contribution is -2.40. The molecular weight excluding hydrogens is 313 g/mol. The van der Waals surface area contributed by atoms with Crippen LogP contribution in [0.1, 0.15) is 28.9 Å². The minimum atomic E-state index is -0.814. The van der Waals surface area contributed by atoms with Crippen LogP contribution < -0.4 is 0 Å². The molecule has 1 aliphatic heterocycles. The molecule has 2 heterocycles. The molecule has 1 fully saturated rings. The van der Waals surface area contributed by atoms with Gasteiger partial charge in [-0.2, -0.15) is 5.10 Å². The molecule has 1 amide bonds. The predicted octanol–water partition coefficient (Wildman–Crippen LogP) is 2.26. The number of carboxylic acid groups (broad SMARTS) is 1. The first-order valence-electron chi connectivity index (χ1n) is 7.80. The van der Waals surface area contributed by atoms with Gasteiger partial charge in [0.1, 0.15) is 11.5 Å². The number of halogens is 1. The molecule has 1 aliphatic rings. The van der Waals surface area contributed by atoms with Crippen LogP contribution in [0.2, 0.25) is 0 Å². The zero-order chi connectivity index (χ0) is 17.3. The minimum Gasteiger partial charge on any atom is -0.481 e. The molecule has 1 saturated heterocycles. The maximum absolute atomic E-state index is 13.9. The maximum atomic E-state index is 13.9. The molecule has 0 radical (unpaired) electrons. The SMILES string of the molecule is Cc1c(C(=O)N2CCC(C(=O)O)CC2)cnn1-c1ccccc1F. The molecule has 6 nitrogen and oxygen atoms in total. The summed E-state index contributed by atoms with van der Waals surface area (Å²) in [5.74, 6) is -1.81. The van der Waals surface area contributed by atoms with E-state index in [1.165, 1.54) is 16.9 Å². The van der Waals surface area contributed by atoms with Crippen LogP contribution in [0.5, 0.6) is 0 Å². The number of likely N-dealkylation sites (tertiary alicyclic amines) is 1. The number of rotatable bonds is 3. The number of carbonyl (C=O) groups is 2. The summed E-state index contributed by atoms with van der Waals surface area (Å²) in [5.41, 5.74) is 1.26. The van der Waals surface area contributed by atoms with Gasteiger partial charge in [-0.25, -0.2) is 9.07 Å². The van der Waals surface area contributed by atoms with E-state index in [1.54, 1.807) is 30.0 Å². The summed E-state index contributed by atoms with van der Waals surface area (Å²) in [6, 6.07) is 6.24. The lowest BCUT2D eigenvalue weighted by Gasteiger charge is -2.30. The zero-order valence-electron chi connectivity index (χ0n) is 13.3. The van der Waals surface area contributed by atoms with Gasteiger partial charge >= 0.3 is 5.97 Å². The van der Waals surface area contributed by atoms with Crippen LogP contribution in [0.3, 0.4) is 0 Å². The van der Waals surface area contributed by atoms with Gasteiger partial charge in [0.25, 0.3) is 5.91 Å². The fraction of sp³-hybridized carbons (Fsp3) is 0.353. The number of piperidine rings is 1. The Bertz CT molecular complexity index is 779. The van der Waals surface area contributed by atoms with Gasteiger partial charge in [-0.3, -0.25) is 9.59 Å². The average Bonchev–Trinajstić information content (AvgIpc) is 2.96. The Balaban J connectivity index is 1.80. The van der Waals surface area contributed by atoms with E-state index >= 15 is 0 Å². The second-order valence-corrected chi connectivity index (χ2v) is 5.91. The zero-order valence-corrected chi connectivity index (χ0v) is 13.3. The highest BCUT2D eigenvalue weighted by Gasteiger charge is 2.29. The summed E-state index contributed by atoms with van der Waals surface area (Å²) < 4.78 is 15.3. The van der Waals surface area contributed by atoms with E-state index in [4.69, 9.17) is 5.11 Å². The highest BCUT2D eigenvalue weighted by molar-refractivity contribution is 5.95. The van der Waals surface area contributed by atoms with Crippen LogP contribution in [-0.4, -0.2) is 44.8 Å². The van der Waals surface area contributed by atoms with Crippen LogP contribution >= 0.6 is 0 Å². The third-order valence-electron chi connectivity index (χ3n) is 4.45. The van der Waals surface area contributed by atoms with Gasteiger partial charge in [0.2, 0.25) is 0 Å². The Morgan fingerprint density at radius 1 is 1.25 bits per heavy atom. The Kier molecular flexibility index (Phi) is 4.33. The van der Waals surface area contributed by atoms with E-state index in [1.807, 2.05) is 0 Å². The summed E-state index contributed by atoms with van der Waals surface area (Å²) in [4.78, 5) is 25.3. The Morgan fingerprint density at radius 2 is 1.92 bits per heavy atom. The molecule has 2 aromatic rings. The summed E-state index contributed by atoms with van der Waals surface area (Å²) in [6.07, 6.45) is 2.33. The molecule has 126 valence electrons. The van der Waals surface area contributed by atoms with Gasteiger partial charge in [-0.15, -0.1) is 0 Å². The number of hydrogen-bond donors (Lipinski definition) is 1. The van der Waals surface area contributed by atoms with Gasteiger partial charge < -0.3 is 10.0 Å². The smallest absolute Gasteiger partial charge is 0.306 e. The molecule has 0 atom stereocenters. The molecule has 1 N–H and O–H groups in total. The van der Waals surface area contributed by atoms with Crippen molar-refractivity contribution in [1.82, 2.24) is 14.7 Å². The quantitative estimate of drug-likeness (QED) is 0.936. The van der Waals surface area contributed by atoms with Gasteiger partial charge in [-0.1, -0.05) is 12.1 Å². The number of carbonyl (C=O) groups excluding carboxylic acids is 1. The second kappa shape index (κ2) is 6.43. The summed E-state index contributed by atoms with van der Waals surface area (Å²) in [5, 5.41) is 13.2. The van der Waals surface area contributed by atoms with Crippen molar-refractivity contribution < 1.29 is 19.1 Å². The lowest BCUT2D eigenvalue weighted by molar-refractivity contribution is -0.143. The number of benzene rings is 1. The fourth-order valence-electron chi connectivity index (χ4n) is 2.99. The molecule has 1 aromatic heterocycles. The Hall–Kier alpha value is -2.70. The van der Waals surface area contributed by atoms with E-state index in [-0.39, 0.29) is 5.91 Å². The molecular formula is C17H18FN3O3. The Morgan fingerprint density at radius 3 is 2.54 bits per heavy atom. The van der Waals surface area contributed by atoms with Crippen LogP contribution in [-0.2, 0) is 4.79 Å². The molecule has 0 aliphatic carbocycles. The maximum Gasteiger partial charge on any atom is 0.306 e. The minimum absolute atomic E-state index is 0.195. The molecule has 0 saturated carbocycles. The average molecular weight is 331 g/mol. The van der Waals surface area contributed by atoms with Crippen molar-refractivity contribution in [3.8, 4) is 5.69 Å². The summed E-state index contributed by atoms with van der Waals surface area (Å²) in [7, 11) is 0.